The van der Waals surface area contributed by atoms with Crippen molar-refractivity contribution in [2.75, 3.05) is 7.05 Å². The summed E-state index contributed by atoms with van der Waals surface area (Å²) in [6.07, 6.45) is 2.38. The number of amides is 1. The normalized spacial score (nSPS) is 27.7. The minimum absolute atomic E-state index is 0.0254. The molecule has 0 bridgehead atoms. The fraction of sp³-hybridized carbons (Fsp3) is 0.846. The summed E-state index contributed by atoms with van der Waals surface area (Å²) in [6, 6.07) is -0.539. The molecule has 0 radical (unpaired) electrons. The van der Waals surface area contributed by atoms with Crippen LogP contribution in [-0.4, -0.2) is 47.2 Å². The number of likely N-dealkylation sites (N-methyl/N-ethyl adjacent to an activating group) is 1. The van der Waals surface area contributed by atoms with Crippen molar-refractivity contribution in [3.05, 3.63) is 0 Å². The van der Waals surface area contributed by atoms with Gasteiger partial charge in [-0.2, -0.15) is 0 Å². The van der Waals surface area contributed by atoms with Crippen LogP contribution in [0.4, 0.5) is 0 Å². The smallest absolute Gasteiger partial charge is 0.322 e. The molecule has 0 unspecified atom stereocenters. The van der Waals surface area contributed by atoms with Gasteiger partial charge in [0.25, 0.3) is 0 Å². The second kappa shape index (κ2) is 6.86. The fourth-order valence-corrected chi connectivity index (χ4v) is 2.65. The van der Waals surface area contributed by atoms with Gasteiger partial charge in [-0.1, -0.05) is 13.8 Å². The molecule has 0 spiro atoms. The quantitative estimate of drug-likeness (QED) is 0.658. The van der Waals surface area contributed by atoms with Gasteiger partial charge >= 0.3 is 5.97 Å². The second-order valence-electron chi connectivity index (χ2n) is 5.60. The van der Waals surface area contributed by atoms with Crippen LogP contribution in [0.5, 0.6) is 0 Å². The number of hydrazine groups is 1. The van der Waals surface area contributed by atoms with Crippen molar-refractivity contribution in [1.29, 1.82) is 0 Å². The van der Waals surface area contributed by atoms with Crippen LogP contribution in [0.15, 0.2) is 0 Å². The number of hydrogen-bond donors (Lipinski definition) is 3. The average Bonchev–Trinajstić information content (AvgIpc) is 2.63. The predicted octanol–water partition coefficient (Wildman–Crippen LogP) is 0.589. The first-order valence-corrected chi connectivity index (χ1v) is 6.82. The lowest BCUT2D eigenvalue weighted by Gasteiger charge is -2.30. The predicted molar refractivity (Wildman–Crippen MR) is 72.4 cm³/mol. The number of carbonyl (C=O) groups excluding carboxylic acids is 1. The number of nitrogens with one attached hydrogen (secondary N) is 2. The summed E-state index contributed by atoms with van der Waals surface area (Å²) in [6.45, 7) is 5.69. The summed E-state index contributed by atoms with van der Waals surface area (Å²) in [4.78, 5) is 22.6. The van der Waals surface area contributed by atoms with Gasteiger partial charge in [0.2, 0.25) is 5.91 Å². The first-order valence-electron chi connectivity index (χ1n) is 6.82. The van der Waals surface area contributed by atoms with E-state index in [1.54, 1.807) is 5.01 Å². The molecule has 1 aliphatic rings. The van der Waals surface area contributed by atoms with Gasteiger partial charge in [0.05, 0.1) is 0 Å². The molecule has 110 valence electrons. The first-order chi connectivity index (χ1) is 8.86. The largest absolute Gasteiger partial charge is 0.480 e. The van der Waals surface area contributed by atoms with Gasteiger partial charge in [-0.15, -0.1) is 0 Å². The molecule has 1 heterocycles. The fourth-order valence-electron chi connectivity index (χ4n) is 2.65. The number of aliphatic carboxylic acids is 1. The van der Waals surface area contributed by atoms with Crippen LogP contribution in [0, 0.1) is 5.92 Å². The number of nitrogens with zero attached hydrogens (tertiary/aromatic N) is 1. The number of rotatable bonds is 6. The van der Waals surface area contributed by atoms with Crippen LogP contribution in [0.1, 0.15) is 40.0 Å². The van der Waals surface area contributed by atoms with Crippen LogP contribution in [0.25, 0.3) is 0 Å². The highest BCUT2D eigenvalue weighted by Gasteiger charge is 2.44. The van der Waals surface area contributed by atoms with E-state index < -0.39 is 12.0 Å². The minimum atomic E-state index is -0.888. The van der Waals surface area contributed by atoms with E-state index >= 15 is 0 Å². The van der Waals surface area contributed by atoms with Gasteiger partial charge in [0, 0.05) is 19.0 Å². The Morgan fingerprint density at radius 2 is 2.05 bits per heavy atom. The molecular formula is C13H25N3O3. The molecule has 0 aromatic carbocycles. The Hall–Kier alpha value is -1.14. The molecule has 0 aliphatic carbocycles. The summed E-state index contributed by atoms with van der Waals surface area (Å²) in [5.74, 6) is -0.556. The lowest BCUT2D eigenvalue weighted by Crippen LogP contribution is -2.53. The van der Waals surface area contributed by atoms with Gasteiger partial charge in [0.15, 0.2) is 0 Å². The van der Waals surface area contributed by atoms with E-state index in [0.717, 1.165) is 12.8 Å². The third kappa shape index (κ3) is 4.18. The van der Waals surface area contributed by atoms with E-state index in [9.17, 15) is 14.7 Å². The molecule has 1 saturated heterocycles. The van der Waals surface area contributed by atoms with E-state index in [-0.39, 0.29) is 18.0 Å². The second-order valence-corrected chi connectivity index (χ2v) is 5.60. The van der Waals surface area contributed by atoms with Crippen molar-refractivity contribution >= 4 is 11.9 Å². The van der Waals surface area contributed by atoms with Crippen LogP contribution >= 0.6 is 0 Å². The highest BCUT2D eigenvalue weighted by Crippen LogP contribution is 2.27. The maximum Gasteiger partial charge on any atom is 0.322 e. The molecule has 6 heteroatoms. The monoisotopic (exact) mass is 271 g/mol. The van der Waals surface area contributed by atoms with Gasteiger partial charge in [-0.3, -0.25) is 15.0 Å². The Balaban J connectivity index is 2.84. The zero-order chi connectivity index (χ0) is 14.6. The number of carboxylic acid groups (broad SMARTS) is 1. The minimum Gasteiger partial charge on any atom is -0.480 e. The highest BCUT2D eigenvalue weighted by atomic mass is 16.4. The molecule has 1 rings (SSSR count). The maximum atomic E-state index is 11.3. The van der Waals surface area contributed by atoms with Gasteiger partial charge in [-0.05, 0) is 32.2 Å². The average molecular weight is 271 g/mol. The third-order valence-corrected chi connectivity index (χ3v) is 3.62. The molecule has 0 saturated carbocycles. The SMILES string of the molecule is CN[C@@H]1C[C@H](C(=O)O)N(NC(C)=O)[C@H]1CCC(C)C. The van der Waals surface area contributed by atoms with Gasteiger partial charge in [-0.25, -0.2) is 5.01 Å². The Kier molecular flexibility index (Phi) is 5.75. The van der Waals surface area contributed by atoms with Crippen LogP contribution < -0.4 is 10.7 Å². The summed E-state index contributed by atoms with van der Waals surface area (Å²) in [7, 11) is 1.84. The summed E-state index contributed by atoms with van der Waals surface area (Å²) >= 11 is 0. The van der Waals surface area contributed by atoms with Crippen molar-refractivity contribution in [3.8, 4) is 0 Å². The van der Waals surface area contributed by atoms with Crippen LogP contribution in [0.3, 0.4) is 0 Å². The van der Waals surface area contributed by atoms with E-state index in [2.05, 4.69) is 24.6 Å². The molecule has 3 atom stereocenters. The van der Waals surface area contributed by atoms with Crippen molar-refractivity contribution in [3.63, 3.8) is 0 Å². The van der Waals surface area contributed by atoms with Gasteiger partial charge in [0.1, 0.15) is 6.04 Å². The van der Waals surface area contributed by atoms with E-state index in [1.807, 2.05) is 7.05 Å². The summed E-state index contributed by atoms with van der Waals surface area (Å²) in [5, 5.41) is 14.1. The van der Waals surface area contributed by atoms with E-state index in [4.69, 9.17) is 0 Å². The van der Waals surface area contributed by atoms with Crippen molar-refractivity contribution in [2.24, 2.45) is 5.92 Å². The zero-order valence-electron chi connectivity index (χ0n) is 12.1. The Labute approximate surface area is 114 Å². The number of hydrogen-bond acceptors (Lipinski definition) is 4. The Bertz CT molecular complexity index is 333. The van der Waals surface area contributed by atoms with Crippen molar-refractivity contribution in [2.45, 2.75) is 58.2 Å². The molecule has 1 aliphatic heterocycles. The zero-order valence-corrected chi connectivity index (χ0v) is 12.1. The molecule has 0 aromatic rings. The lowest BCUT2D eigenvalue weighted by atomic mass is 9.99. The molecule has 3 N–H and O–H groups in total. The number of carboxylic acids is 1. The van der Waals surface area contributed by atoms with Gasteiger partial charge < -0.3 is 10.4 Å². The molecule has 1 amide bonds. The summed E-state index contributed by atoms with van der Waals surface area (Å²) in [5.41, 5.74) is 2.68. The standard InChI is InChI=1S/C13H25N3O3/c1-8(2)5-6-11-10(14-4)7-12(13(18)19)16(11)15-9(3)17/h8,10-12,14H,5-7H2,1-4H3,(H,15,17)(H,18,19)/t10-,11+,12-/m1/s1. The Morgan fingerprint density at radius 1 is 1.42 bits per heavy atom. The van der Waals surface area contributed by atoms with Crippen LogP contribution in [-0.2, 0) is 9.59 Å². The maximum absolute atomic E-state index is 11.3. The first kappa shape index (κ1) is 15.9. The summed E-state index contributed by atoms with van der Waals surface area (Å²) < 4.78 is 0. The lowest BCUT2D eigenvalue weighted by molar-refractivity contribution is -0.145. The third-order valence-electron chi connectivity index (χ3n) is 3.62. The molecule has 19 heavy (non-hydrogen) atoms. The van der Waals surface area contributed by atoms with E-state index in [1.165, 1.54) is 6.92 Å². The molecular weight excluding hydrogens is 246 g/mol. The molecule has 6 nitrogen and oxygen atoms in total. The topological polar surface area (TPSA) is 81.7 Å². The van der Waals surface area contributed by atoms with E-state index in [0.29, 0.717) is 12.3 Å². The molecule has 0 aromatic heterocycles. The van der Waals surface area contributed by atoms with Crippen molar-refractivity contribution < 1.29 is 14.7 Å². The Morgan fingerprint density at radius 3 is 2.47 bits per heavy atom. The highest BCUT2D eigenvalue weighted by molar-refractivity contribution is 5.76. The van der Waals surface area contributed by atoms with Crippen LogP contribution in [0.2, 0.25) is 0 Å². The molecule has 1 fully saturated rings. The number of carbonyl (C=O) groups is 2. The van der Waals surface area contributed by atoms with Crippen molar-refractivity contribution in [1.82, 2.24) is 15.8 Å².